The van der Waals surface area contributed by atoms with E-state index in [-0.39, 0.29) is 0 Å². The molecule has 0 aliphatic rings. The fraction of sp³-hybridized carbons (Fsp3) is 0.143. The van der Waals surface area contributed by atoms with Crippen LogP contribution in [0.4, 0.5) is 0 Å². The molecule has 3 heteroatoms. The third kappa shape index (κ3) is 1.76. The lowest BCUT2D eigenvalue weighted by Gasteiger charge is -1.96. The van der Waals surface area contributed by atoms with Crippen molar-refractivity contribution in [2.45, 2.75) is 0 Å². The Hall–Kier alpha value is -0.450. The Morgan fingerprint density at radius 3 is 2.30 bits per heavy atom. The minimum Gasteiger partial charge on any atom is -0.497 e. The predicted molar refractivity (Wildman–Crippen MR) is 48.4 cm³/mol. The first-order valence-corrected chi connectivity index (χ1v) is 4.97. The third-order valence-electron chi connectivity index (χ3n) is 1.16. The molecule has 2 nitrogen and oxygen atoms in total. The van der Waals surface area contributed by atoms with Gasteiger partial charge < -0.3 is 4.74 Å². The Balaban J connectivity index is 2.90. The topological polar surface area (TPSA) is 33.1 Å². The van der Waals surface area contributed by atoms with E-state index in [4.69, 9.17) is 8.30 Å². The van der Waals surface area contributed by atoms with E-state index in [1.807, 2.05) is 24.3 Å². The van der Waals surface area contributed by atoms with Crippen LogP contribution in [0, 0.1) is 7.13 Å². The normalized spacial score (nSPS) is 9.30. The lowest BCUT2D eigenvalue weighted by Crippen LogP contribution is -1.80. The van der Waals surface area contributed by atoms with Gasteiger partial charge in [-0.2, -0.15) is 0 Å². The maximum Gasteiger partial charge on any atom is 0.118 e. The summed E-state index contributed by atoms with van der Waals surface area (Å²) in [4.78, 5) is 0. The van der Waals surface area contributed by atoms with Gasteiger partial charge in [-0.15, -0.1) is 0 Å². The van der Waals surface area contributed by atoms with Crippen molar-refractivity contribution >= 4 is 21.0 Å². The lowest BCUT2D eigenvalue weighted by atomic mass is 10.3. The number of rotatable bonds is 2. The first kappa shape index (κ1) is 7.65. The highest BCUT2D eigenvalue weighted by Crippen LogP contribution is 2.15. The number of ether oxygens (including phenoxy) is 1. The van der Waals surface area contributed by atoms with Crippen LogP contribution in [0.2, 0.25) is 0 Å². The molecule has 0 unspecified atom stereocenters. The van der Waals surface area contributed by atoms with Crippen molar-refractivity contribution in [2.24, 2.45) is 0 Å². The molecule has 0 spiro atoms. The summed E-state index contributed by atoms with van der Waals surface area (Å²) in [6, 6.07) is 7.67. The zero-order chi connectivity index (χ0) is 7.40. The van der Waals surface area contributed by atoms with Crippen LogP contribution in [0.25, 0.3) is 0 Å². The first-order valence-electron chi connectivity index (χ1n) is 2.81. The molecule has 54 valence electrons. The number of methoxy groups -OCH3 is 1. The molecular weight excluding hydrogens is 241 g/mol. The Morgan fingerprint density at radius 1 is 1.30 bits per heavy atom. The summed E-state index contributed by atoms with van der Waals surface area (Å²) in [7, 11) is 1.64. The van der Waals surface area contributed by atoms with Crippen LogP contribution < -0.4 is 4.74 Å². The second-order valence-electron chi connectivity index (χ2n) is 1.75. The summed E-state index contributed by atoms with van der Waals surface area (Å²) in [5, 5.41) is 0. The molecule has 1 N–H and O–H groups in total. The van der Waals surface area contributed by atoms with Gasteiger partial charge in [-0.25, -0.2) is 0 Å². The quantitative estimate of drug-likeness (QED) is 0.803. The molecule has 1 aromatic rings. The van der Waals surface area contributed by atoms with Crippen molar-refractivity contribution in [3.63, 3.8) is 0 Å². The van der Waals surface area contributed by atoms with Crippen molar-refractivity contribution in [2.75, 3.05) is 7.11 Å². The minimum absolute atomic E-state index is 0.514. The standard InChI is InChI=1S/C7H8INO/c1-10-7-4-2-6(8-9)3-5-7/h2-5,9H,1H3. The van der Waals surface area contributed by atoms with Gasteiger partial charge in [0.25, 0.3) is 0 Å². The highest BCUT2D eigenvalue weighted by molar-refractivity contribution is 14.2. The lowest BCUT2D eigenvalue weighted by molar-refractivity contribution is 0.414. The van der Waals surface area contributed by atoms with Gasteiger partial charge in [0.2, 0.25) is 0 Å². The summed E-state index contributed by atoms with van der Waals surface area (Å²) < 4.78 is 13.2. The van der Waals surface area contributed by atoms with Crippen molar-refractivity contribution in [1.82, 2.24) is 0 Å². The van der Waals surface area contributed by atoms with E-state index in [9.17, 15) is 0 Å². The van der Waals surface area contributed by atoms with E-state index < -0.39 is 21.0 Å². The van der Waals surface area contributed by atoms with Crippen LogP contribution >= 0.6 is 21.0 Å². The maximum atomic E-state index is 7.14. The fourth-order valence-electron chi connectivity index (χ4n) is 0.634. The highest BCUT2D eigenvalue weighted by atomic mass is 127. The maximum absolute atomic E-state index is 7.14. The fourth-order valence-corrected chi connectivity index (χ4v) is 1.35. The van der Waals surface area contributed by atoms with Gasteiger partial charge in [-0.1, -0.05) is 0 Å². The Kier molecular flexibility index (Phi) is 2.80. The van der Waals surface area contributed by atoms with Crippen LogP contribution in [0.1, 0.15) is 0 Å². The molecule has 0 aromatic heterocycles. The summed E-state index contributed by atoms with van der Waals surface area (Å²) in [6.07, 6.45) is 0. The third-order valence-corrected chi connectivity index (χ3v) is 2.50. The number of nitrogens with one attached hydrogen (secondary N) is 1. The molecular formula is C7H8INO. The van der Waals surface area contributed by atoms with Gasteiger partial charge in [0.05, 0.1) is 7.11 Å². The first-order chi connectivity index (χ1) is 4.86. The van der Waals surface area contributed by atoms with E-state index in [0.29, 0.717) is 0 Å². The van der Waals surface area contributed by atoms with Crippen LogP contribution in [0.3, 0.4) is 0 Å². The molecule has 1 aromatic carbocycles. The van der Waals surface area contributed by atoms with Gasteiger partial charge in [0.1, 0.15) is 5.75 Å². The van der Waals surface area contributed by atoms with Gasteiger partial charge in [0, 0.05) is 24.6 Å². The van der Waals surface area contributed by atoms with Crippen molar-refractivity contribution in [3.05, 3.63) is 27.8 Å². The summed E-state index contributed by atoms with van der Waals surface area (Å²) in [6.45, 7) is 0. The predicted octanol–water partition coefficient (Wildman–Crippen LogP) is 2.60. The van der Waals surface area contributed by atoms with Gasteiger partial charge >= 0.3 is 0 Å². The van der Waals surface area contributed by atoms with Crippen LogP contribution in [0.15, 0.2) is 24.3 Å². The summed E-state index contributed by atoms with van der Waals surface area (Å²) in [5.74, 6) is 0.862. The average molecular weight is 249 g/mol. The highest BCUT2D eigenvalue weighted by Gasteiger charge is 1.88. The molecule has 10 heavy (non-hydrogen) atoms. The number of hydrogen-bond acceptors (Lipinski definition) is 2. The molecule has 0 aliphatic heterocycles. The van der Waals surface area contributed by atoms with Gasteiger partial charge in [-0.3, -0.25) is 3.56 Å². The van der Waals surface area contributed by atoms with E-state index in [1.54, 1.807) is 7.11 Å². The average Bonchev–Trinajstić information content (AvgIpc) is 2.05. The monoisotopic (exact) mass is 249 g/mol. The molecule has 0 aliphatic carbocycles. The Morgan fingerprint density at radius 2 is 1.90 bits per heavy atom. The SMILES string of the molecule is COc1ccc(I=N)cc1. The van der Waals surface area contributed by atoms with Crippen LogP contribution in [-0.4, -0.2) is 7.11 Å². The van der Waals surface area contributed by atoms with E-state index in [1.165, 1.54) is 0 Å². The van der Waals surface area contributed by atoms with Crippen molar-refractivity contribution in [3.8, 4) is 5.75 Å². The molecule has 0 heterocycles. The molecule has 0 fully saturated rings. The molecule has 0 amide bonds. The largest absolute Gasteiger partial charge is 0.497 e. The van der Waals surface area contributed by atoms with E-state index >= 15 is 0 Å². The minimum atomic E-state index is -0.514. The van der Waals surface area contributed by atoms with Crippen LogP contribution in [0.5, 0.6) is 5.75 Å². The molecule has 0 radical (unpaired) electrons. The van der Waals surface area contributed by atoms with E-state index in [0.717, 1.165) is 9.32 Å². The zero-order valence-corrected chi connectivity index (χ0v) is 7.75. The summed E-state index contributed by atoms with van der Waals surface area (Å²) in [5.41, 5.74) is 0. The Bertz CT molecular complexity index is 220. The van der Waals surface area contributed by atoms with Gasteiger partial charge in [0.15, 0.2) is 0 Å². The number of halogens is 1. The molecule has 0 saturated carbocycles. The molecule has 0 bridgehead atoms. The molecule has 0 saturated heterocycles. The molecule has 1 rings (SSSR count). The smallest absolute Gasteiger partial charge is 0.118 e. The van der Waals surface area contributed by atoms with Crippen molar-refractivity contribution in [1.29, 1.82) is 3.56 Å². The molecule has 0 atom stereocenters. The Labute approximate surface area is 70.2 Å². The number of hydrogen-bond donors (Lipinski definition) is 1. The van der Waals surface area contributed by atoms with Gasteiger partial charge in [-0.05, 0) is 24.3 Å². The second-order valence-corrected chi connectivity index (χ2v) is 3.54. The second kappa shape index (κ2) is 3.65. The van der Waals surface area contributed by atoms with Crippen molar-refractivity contribution < 1.29 is 4.74 Å². The van der Waals surface area contributed by atoms with E-state index in [2.05, 4.69) is 0 Å². The number of benzene rings is 1. The summed E-state index contributed by atoms with van der Waals surface area (Å²) >= 11 is -0.514. The van der Waals surface area contributed by atoms with Crippen LogP contribution in [-0.2, 0) is 0 Å². The zero-order valence-electron chi connectivity index (χ0n) is 5.60.